The van der Waals surface area contributed by atoms with Gasteiger partial charge in [-0.05, 0) is 42.0 Å². The molecule has 1 aliphatic heterocycles. The highest BCUT2D eigenvalue weighted by molar-refractivity contribution is 7.12. The number of thiophene rings is 1. The quantitative estimate of drug-likeness (QED) is 0.832. The van der Waals surface area contributed by atoms with Crippen LogP contribution in [-0.2, 0) is 9.59 Å². The topological polar surface area (TPSA) is 83.7 Å². The molecule has 0 radical (unpaired) electrons. The summed E-state index contributed by atoms with van der Waals surface area (Å²) < 4.78 is 13.6. The molecule has 28 heavy (non-hydrogen) atoms. The van der Waals surface area contributed by atoms with Crippen LogP contribution in [0.1, 0.15) is 34.1 Å². The Bertz CT molecular complexity index is 871. The molecule has 2 heterocycles. The van der Waals surface area contributed by atoms with E-state index in [1.165, 1.54) is 41.5 Å². The lowest BCUT2D eigenvalue weighted by Crippen LogP contribution is -2.48. The van der Waals surface area contributed by atoms with Crippen LogP contribution in [0.2, 0.25) is 0 Å². The average molecular weight is 403 g/mol. The first-order valence-corrected chi connectivity index (χ1v) is 9.90. The molecule has 0 saturated carbocycles. The summed E-state index contributed by atoms with van der Waals surface area (Å²) in [5, 5.41) is 1.84. The van der Waals surface area contributed by atoms with Crippen molar-refractivity contribution in [1.29, 1.82) is 0 Å². The summed E-state index contributed by atoms with van der Waals surface area (Å²) in [5.74, 6) is -2.04. The highest BCUT2D eigenvalue weighted by Crippen LogP contribution is 2.26. The van der Waals surface area contributed by atoms with Crippen molar-refractivity contribution in [2.24, 2.45) is 11.7 Å². The van der Waals surface area contributed by atoms with E-state index in [0.29, 0.717) is 29.8 Å². The molecule has 1 aromatic heterocycles. The number of halogens is 1. The third kappa shape index (κ3) is 4.22. The van der Waals surface area contributed by atoms with E-state index in [9.17, 15) is 18.8 Å². The van der Waals surface area contributed by atoms with Crippen LogP contribution in [0.25, 0.3) is 0 Å². The van der Waals surface area contributed by atoms with E-state index < -0.39 is 23.7 Å². The zero-order valence-corrected chi connectivity index (χ0v) is 16.3. The molecule has 148 valence electrons. The van der Waals surface area contributed by atoms with Gasteiger partial charge in [0.1, 0.15) is 11.9 Å². The number of nitrogens with zero attached hydrogens (tertiary/aromatic N) is 2. The van der Waals surface area contributed by atoms with E-state index in [-0.39, 0.29) is 18.4 Å². The minimum Gasteiger partial charge on any atom is -0.368 e. The maximum absolute atomic E-state index is 13.6. The molecule has 1 aliphatic rings. The lowest BCUT2D eigenvalue weighted by molar-refractivity contribution is -0.142. The van der Waals surface area contributed by atoms with Gasteiger partial charge in [-0.25, -0.2) is 4.39 Å². The number of likely N-dealkylation sites (tertiary alicyclic amines) is 1. The van der Waals surface area contributed by atoms with Gasteiger partial charge in [-0.2, -0.15) is 0 Å². The fraction of sp³-hybridized carbons (Fsp3) is 0.350. The SMILES string of the molecule is CN(C(=O)C1CCCN(C(=O)c2cccs2)C1)C(C(N)=O)c1cccc(F)c1. The molecule has 6 nitrogen and oxygen atoms in total. The predicted molar refractivity (Wildman–Crippen MR) is 104 cm³/mol. The van der Waals surface area contributed by atoms with Gasteiger partial charge in [0.2, 0.25) is 11.8 Å². The number of piperidine rings is 1. The van der Waals surface area contributed by atoms with Crippen molar-refractivity contribution in [3.63, 3.8) is 0 Å². The van der Waals surface area contributed by atoms with Gasteiger partial charge in [-0.3, -0.25) is 14.4 Å². The number of amides is 3. The number of hydrogen-bond acceptors (Lipinski definition) is 4. The van der Waals surface area contributed by atoms with Gasteiger partial charge in [0.15, 0.2) is 0 Å². The summed E-state index contributed by atoms with van der Waals surface area (Å²) in [7, 11) is 1.49. The zero-order valence-electron chi connectivity index (χ0n) is 15.5. The van der Waals surface area contributed by atoms with Crippen LogP contribution in [0.3, 0.4) is 0 Å². The molecule has 1 fully saturated rings. The zero-order chi connectivity index (χ0) is 20.3. The number of rotatable bonds is 5. The maximum atomic E-state index is 13.6. The lowest BCUT2D eigenvalue weighted by Gasteiger charge is -2.35. The van der Waals surface area contributed by atoms with Crippen molar-refractivity contribution in [3.05, 3.63) is 58.0 Å². The van der Waals surface area contributed by atoms with Gasteiger partial charge in [0.05, 0.1) is 10.8 Å². The molecule has 0 bridgehead atoms. The summed E-state index contributed by atoms with van der Waals surface area (Å²) in [6.45, 7) is 0.877. The second-order valence-corrected chi connectivity index (χ2v) is 7.82. The molecule has 8 heteroatoms. The number of nitrogens with two attached hydrogens (primary N) is 1. The fourth-order valence-electron chi connectivity index (χ4n) is 3.59. The Hall–Kier alpha value is -2.74. The van der Waals surface area contributed by atoms with Crippen LogP contribution in [0.5, 0.6) is 0 Å². The van der Waals surface area contributed by atoms with Crippen molar-refractivity contribution >= 4 is 29.1 Å². The van der Waals surface area contributed by atoms with Crippen molar-refractivity contribution in [2.45, 2.75) is 18.9 Å². The van der Waals surface area contributed by atoms with Gasteiger partial charge in [-0.1, -0.05) is 18.2 Å². The van der Waals surface area contributed by atoms with E-state index in [1.54, 1.807) is 17.0 Å². The molecule has 0 aliphatic carbocycles. The summed E-state index contributed by atoms with van der Waals surface area (Å²) in [6, 6.07) is 8.01. The predicted octanol–water partition coefficient (Wildman–Crippen LogP) is 2.42. The summed E-state index contributed by atoms with van der Waals surface area (Å²) >= 11 is 1.36. The molecule has 0 spiro atoms. The minimum atomic E-state index is -1.06. The average Bonchev–Trinajstić information content (AvgIpc) is 3.21. The van der Waals surface area contributed by atoms with E-state index in [0.717, 1.165) is 0 Å². The van der Waals surface area contributed by atoms with Gasteiger partial charge in [-0.15, -0.1) is 11.3 Å². The molecule has 2 unspecified atom stereocenters. The molecule has 1 aromatic carbocycles. The largest absolute Gasteiger partial charge is 0.368 e. The molecule has 2 N–H and O–H groups in total. The first kappa shape index (κ1) is 20.0. The van der Waals surface area contributed by atoms with Crippen molar-refractivity contribution < 1.29 is 18.8 Å². The fourth-order valence-corrected chi connectivity index (χ4v) is 4.28. The number of benzene rings is 1. The van der Waals surface area contributed by atoms with Crippen LogP contribution < -0.4 is 5.73 Å². The molecule has 3 rings (SSSR count). The van der Waals surface area contributed by atoms with Gasteiger partial charge in [0.25, 0.3) is 5.91 Å². The van der Waals surface area contributed by atoms with E-state index >= 15 is 0 Å². The standard InChI is InChI=1S/C20H22FN3O3S/c1-23(17(18(22)25)13-5-2-7-15(21)11-13)19(26)14-6-3-9-24(12-14)20(27)16-8-4-10-28-16/h2,4-5,7-8,10-11,14,17H,3,6,9,12H2,1H3,(H2,22,25). The highest BCUT2D eigenvalue weighted by Gasteiger charge is 2.35. The Morgan fingerprint density at radius 1 is 1.29 bits per heavy atom. The Balaban J connectivity index is 1.75. The third-order valence-electron chi connectivity index (χ3n) is 4.96. The Labute approximate surface area is 166 Å². The van der Waals surface area contributed by atoms with Gasteiger partial charge < -0.3 is 15.5 Å². The van der Waals surface area contributed by atoms with Crippen LogP contribution >= 0.6 is 11.3 Å². The van der Waals surface area contributed by atoms with Crippen molar-refractivity contribution in [3.8, 4) is 0 Å². The van der Waals surface area contributed by atoms with E-state index in [1.807, 2.05) is 11.4 Å². The Morgan fingerprint density at radius 3 is 2.71 bits per heavy atom. The van der Waals surface area contributed by atoms with Crippen LogP contribution in [0, 0.1) is 11.7 Å². The second-order valence-electron chi connectivity index (χ2n) is 6.88. The second kappa shape index (κ2) is 8.52. The third-order valence-corrected chi connectivity index (χ3v) is 5.82. The van der Waals surface area contributed by atoms with Crippen LogP contribution in [0.15, 0.2) is 41.8 Å². The van der Waals surface area contributed by atoms with Crippen LogP contribution in [0.4, 0.5) is 4.39 Å². The minimum absolute atomic E-state index is 0.0910. The van der Waals surface area contributed by atoms with E-state index in [4.69, 9.17) is 5.73 Å². The maximum Gasteiger partial charge on any atom is 0.263 e. The molecular formula is C20H22FN3O3S. The summed E-state index contributed by atoms with van der Waals surface area (Å²) in [6.07, 6.45) is 1.31. The molecular weight excluding hydrogens is 381 g/mol. The monoisotopic (exact) mass is 403 g/mol. The first-order chi connectivity index (χ1) is 13.4. The number of carbonyl (C=O) groups is 3. The van der Waals surface area contributed by atoms with Crippen molar-refractivity contribution in [2.75, 3.05) is 20.1 Å². The van der Waals surface area contributed by atoms with Crippen molar-refractivity contribution in [1.82, 2.24) is 9.80 Å². The Kier molecular flexibility index (Phi) is 6.08. The molecule has 3 amide bonds. The molecule has 1 saturated heterocycles. The number of likely N-dealkylation sites (N-methyl/N-ethyl adjacent to an activating group) is 1. The highest BCUT2D eigenvalue weighted by atomic mass is 32.1. The van der Waals surface area contributed by atoms with Crippen LogP contribution in [-0.4, -0.2) is 47.7 Å². The number of carbonyl (C=O) groups excluding carboxylic acids is 3. The molecule has 2 atom stereocenters. The smallest absolute Gasteiger partial charge is 0.263 e. The number of primary amides is 1. The lowest BCUT2D eigenvalue weighted by atomic mass is 9.94. The Morgan fingerprint density at radius 2 is 2.07 bits per heavy atom. The van der Waals surface area contributed by atoms with Gasteiger partial charge in [0, 0.05) is 20.1 Å². The van der Waals surface area contributed by atoms with E-state index in [2.05, 4.69) is 0 Å². The summed E-state index contributed by atoms with van der Waals surface area (Å²) in [4.78, 5) is 41.2. The van der Waals surface area contributed by atoms with Gasteiger partial charge >= 0.3 is 0 Å². The first-order valence-electron chi connectivity index (χ1n) is 9.02. The normalized spacial score (nSPS) is 17.8. The molecule has 2 aromatic rings. The summed E-state index contributed by atoms with van der Waals surface area (Å²) in [5.41, 5.74) is 5.83. The number of hydrogen-bond donors (Lipinski definition) is 1.